The van der Waals surface area contributed by atoms with E-state index in [0.29, 0.717) is 48.4 Å². The second-order valence-electron chi connectivity index (χ2n) is 15.5. The molecule has 3 fully saturated rings. The van der Waals surface area contributed by atoms with Crippen molar-refractivity contribution < 1.29 is 50.1 Å². The first-order chi connectivity index (χ1) is 26.6. The predicted molar refractivity (Wildman–Crippen MR) is 199 cm³/mol. The summed E-state index contributed by atoms with van der Waals surface area (Å²) in [5.74, 6) is -1.10. The van der Waals surface area contributed by atoms with Crippen LogP contribution < -0.4 is 9.47 Å². The summed E-state index contributed by atoms with van der Waals surface area (Å²) in [6.07, 6.45) is -1.35. The molecule has 1 saturated carbocycles. The van der Waals surface area contributed by atoms with E-state index in [-0.39, 0.29) is 44.6 Å². The summed E-state index contributed by atoms with van der Waals surface area (Å²) >= 11 is 0.409. The molecule has 15 heteroatoms. The zero-order chi connectivity index (χ0) is 40.4. The van der Waals surface area contributed by atoms with E-state index in [2.05, 4.69) is 11.9 Å². The summed E-state index contributed by atoms with van der Waals surface area (Å²) in [6.45, 7) is 5.00. The molecular weight excluding hydrogens is 761 g/mol. The third-order valence-electron chi connectivity index (χ3n) is 11.9. The molecule has 3 aliphatic rings. The Morgan fingerprint density at radius 3 is 2.30 bits per heavy atom. The van der Waals surface area contributed by atoms with E-state index in [1.165, 1.54) is 24.2 Å². The highest BCUT2D eigenvalue weighted by Crippen LogP contribution is 2.46. The number of methoxy groups -OCH3 is 1. The number of amides is 2. The zero-order valence-electron chi connectivity index (χ0n) is 31.9. The maximum atomic E-state index is 15.1. The smallest absolute Gasteiger partial charge is 0.425 e. The fourth-order valence-corrected chi connectivity index (χ4v) is 9.36. The lowest BCUT2D eigenvalue weighted by Crippen LogP contribution is -2.68. The SMILES string of the molecule is CCC[C@H]1N(C(=O)c2ncccc2C(F)(F)F)CCC[C@@]1(Oc1csc(C(F)(F)F)c1)C(=O)N1CCC(OC)(c2ccccc2OCCCC2(C)CCC2)CC1. The monoisotopic (exact) mass is 809 g/mol. The van der Waals surface area contributed by atoms with Crippen molar-refractivity contribution in [2.24, 2.45) is 5.41 Å². The lowest BCUT2D eigenvalue weighted by atomic mass is 9.68. The van der Waals surface area contributed by atoms with Gasteiger partial charge in [0.05, 0.1) is 23.8 Å². The average Bonchev–Trinajstić information content (AvgIpc) is 3.65. The van der Waals surface area contributed by atoms with Gasteiger partial charge in [-0.1, -0.05) is 44.9 Å². The molecule has 0 spiro atoms. The van der Waals surface area contributed by atoms with E-state index >= 15 is 4.79 Å². The lowest BCUT2D eigenvalue weighted by molar-refractivity contribution is -0.164. The van der Waals surface area contributed by atoms with Crippen molar-refractivity contribution in [2.45, 2.75) is 114 Å². The highest BCUT2D eigenvalue weighted by Gasteiger charge is 2.57. The Kier molecular flexibility index (Phi) is 12.4. The topological polar surface area (TPSA) is 81.2 Å². The van der Waals surface area contributed by atoms with Crippen LogP contribution in [0, 0.1) is 5.41 Å². The molecule has 2 amide bonds. The van der Waals surface area contributed by atoms with E-state index in [4.69, 9.17) is 14.2 Å². The number of carbonyl (C=O) groups excluding carboxylic acids is 2. The van der Waals surface area contributed by atoms with Gasteiger partial charge in [0.2, 0.25) is 5.60 Å². The number of para-hydroxylation sites is 1. The van der Waals surface area contributed by atoms with Gasteiger partial charge in [-0.3, -0.25) is 14.6 Å². The number of ether oxygens (including phenoxy) is 3. The first kappa shape index (κ1) is 41.8. The zero-order valence-corrected chi connectivity index (χ0v) is 32.8. The minimum atomic E-state index is -4.89. The molecule has 2 atom stereocenters. The van der Waals surface area contributed by atoms with Crippen LogP contribution in [-0.2, 0) is 27.5 Å². The lowest BCUT2D eigenvalue weighted by Gasteiger charge is -2.51. The van der Waals surface area contributed by atoms with Gasteiger partial charge in [0.1, 0.15) is 22.1 Å². The van der Waals surface area contributed by atoms with Gasteiger partial charge in [-0.05, 0) is 75.0 Å². The Balaban J connectivity index is 1.29. The molecule has 2 aliphatic heterocycles. The quantitative estimate of drug-likeness (QED) is 0.126. The summed E-state index contributed by atoms with van der Waals surface area (Å²) in [5, 5.41) is 1.16. The predicted octanol–water partition coefficient (Wildman–Crippen LogP) is 9.92. The molecule has 0 unspecified atom stereocenters. The molecule has 306 valence electrons. The first-order valence-corrected chi connectivity index (χ1v) is 20.2. The number of alkyl halides is 6. The number of hydrogen-bond acceptors (Lipinski definition) is 7. The maximum absolute atomic E-state index is 15.1. The number of pyridine rings is 1. The normalized spacial score (nSPS) is 22.3. The summed E-state index contributed by atoms with van der Waals surface area (Å²) in [7, 11) is 1.61. The van der Waals surface area contributed by atoms with E-state index in [0.717, 1.165) is 48.2 Å². The fraction of sp³-hybridized carbons (Fsp3) is 0.585. The number of halogens is 6. The molecule has 0 radical (unpaired) electrons. The van der Waals surface area contributed by atoms with Crippen molar-refractivity contribution in [2.75, 3.05) is 33.4 Å². The maximum Gasteiger partial charge on any atom is 0.425 e. The Labute approximate surface area is 327 Å². The molecule has 8 nitrogen and oxygen atoms in total. The number of hydrogen-bond donors (Lipinski definition) is 0. The van der Waals surface area contributed by atoms with Crippen LogP contribution in [0.25, 0.3) is 0 Å². The summed E-state index contributed by atoms with van der Waals surface area (Å²) in [4.78, 5) is 34.8. The second-order valence-corrected chi connectivity index (χ2v) is 16.5. The highest BCUT2D eigenvalue weighted by atomic mass is 32.1. The minimum absolute atomic E-state index is 0.00396. The van der Waals surface area contributed by atoms with Gasteiger partial charge < -0.3 is 24.0 Å². The number of thiophene rings is 1. The number of nitrogens with zero attached hydrogens (tertiary/aromatic N) is 3. The van der Waals surface area contributed by atoms with Crippen LogP contribution in [0.4, 0.5) is 26.3 Å². The van der Waals surface area contributed by atoms with Gasteiger partial charge in [0, 0.05) is 56.4 Å². The van der Waals surface area contributed by atoms with Gasteiger partial charge in [0.15, 0.2) is 0 Å². The molecule has 4 heterocycles. The fourth-order valence-electron chi connectivity index (χ4n) is 8.68. The molecule has 2 aromatic heterocycles. The van der Waals surface area contributed by atoms with Crippen LogP contribution in [0.1, 0.15) is 111 Å². The Bertz CT molecular complexity index is 1840. The van der Waals surface area contributed by atoms with Crippen LogP contribution in [0.15, 0.2) is 54.0 Å². The molecule has 3 aromatic rings. The van der Waals surface area contributed by atoms with E-state index in [1.54, 1.807) is 18.9 Å². The van der Waals surface area contributed by atoms with E-state index < -0.39 is 57.5 Å². The van der Waals surface area contributed by atoms with Crippen LogP contribution in [0.2, 0.25) is 0 Å². The second kappa shape index (κ2) is 16.6. The molecule has 56 heavy (non-hydrogen) atoms. The summed E-state index contributed by atoms with van der Waals surface area (Å²) < 4.78 is 102. The average molecular weight is 810 g/mol. The van der Waals surface area contributed by atoms with Crippen molar-refractivity contribution in [3.8, 4) is 11.5 Å². The van der Waals surface area contributed by atoms with Gasteiger partial charge >= 0.3 is 12.4 Å². The number of aromatic nitrogens is 1. The largest absolute Gasteiger partial charge is 0.493 e. The van der Waals surface area contributed by atoms with Crippen LogP contribution in [0.3, 0.4) is 0 Å². The number of carbonyl (C=O) groups is 2. The molecule has 0 bridgehead atoms. The molecule has 2 saturated heterocycles. The molecule has 0 N–H and O–H groups in total. The van der Waals surface area contributed by atoms with Gasteiger partial charge in [-0.15, -0.1) is 11.3 Å². The van der Waals surface area contributed by atoms with Crippen molar-refractivity contribution in [1.82, 2.24) is 14.8 Å². The number of likely N-dealkylation sites (tertiary alicyclic amines) is 2. The number of benzene rings is 1. The Hall–Kier alpha value is -3.85. The Morgan fingerprint density at radius 1 is 0.946 bits per heavy atom. The summed E-state index contributed by atoms with van der Waals surface area (Å²) in [5.41, 5.74) is -3.54. The van der Waals surface area contributed by atoms with Gasteiger partial charge in [-0.2, -0.15) is 26.3 Å². The van der Waals surface area contributed by atoms with E-state index in [9.17, 15) is 31.1 Å². The summed E-state index contributed by atoms with van der Waals surface area (Å²) in [6, 6.07) is 9.22. The number of rotatable bonds is 13. The van der Waals surface area contributed by atoms with Crippen molar-refractivity contribution in [3.63, 3.8) is 0 Å². The third-order valence-corrected chi connectivity index (χ3v) is 12.8. The molecule has 1 aliphatic carbocycles. The van der Waals surface area contributed by atoms with E-state index in [1.807, 2.05) is 24.3 Å². The van der Waals surface area contributed by atoms with Gasteiger partial charge in [0.25, 0.3) is 11.8 Å². The van der Waals surface area contributed by atoms with Crippen molar-refractivity contribution in [1.29, 1.82) is 0 Å². The van der Waals surface area contributed by atoms with Crippen molar-refractivity contribution in [3.05, 3.63) is 75.7 Å². The highest BCUT2D eigenvalue weighted by molar-refractivity contribution is 7.10. The van der Waals surface area contributed by atoms with Crippen LogP contribution in [0.5, 0.6) is 11.5 Å². The molecule has 6 rings (SSSR count). The minimum Gasteiger partial charge on any atom is -0.493 e. The molecular formula is C41H49F6N3O5S. The van der Waals surface area contributed by atoms with Crippen LogP contribution >= 0.6 is 11.3 Å². The molecule has 1 aromatic carbocycles. The first-order valence-electron chi connectivity index (χ1n) is 19.3. The van der Waals surface area contributed by atoms with Crippen molar-refractivity contribution >= 4 is 23.2 Å². The Morgan fingerprint density at radius 2 is 1.68 bits per heavy atom. The van der Waals surface area contributed by atoms with Crippen LogP contribution in [-0.4, -0.2) is 71.6 Å². The third kappa shape index (κ3) is 8.53. The standard InChI is InChI=1S/C41H49F6N3O5S/c1-4-11-32-39(55-28-26-33(56-27-28)41(45,46)47,18-9-22-50(32)35(51)34-30(40(42,43)44)13-7-21-48-34)36(52)49-23-19-38(53-3,20-24-49)29-12-5-6-14-31(29)54-25-10-17-37(2)15-8-16-37/h5-7,12-14,21,26-27,32H,4,8-11,15-20,22-25H2,1-3H3/t32-,39+/m1/s1. The number of piperidine rings is 2. The van der Waals surface area contributed by atoms with Gasteiger partial charge in [-0.25, -0.2) is 0 Å².